The molecule has 1 amide bonds. The monoisotopic (exact) mass is 306 g/mol. The van der Waals surface area contributed by atoms with E-state index >= 15 is 0 Å². The van der Waals surface area contributed by atoms with Gasteiger partial charge in [-0.3, -0.25) is 4.79 Å². The summed E-state index contributed by atoms with van der Waals surface area (Å²) in [6.45, 7) is 5.55. The molecule has 0 spiro atoms. The molecule has 0 aliphatic carbocycles. The summed E-state index contributed by atoms with van der Waals surface area (Å²) in [5.41, 5.74) is 1.04. The number of carbonyl (C=O) groups excluding carboxylic acids is 1. The summed E-state index contributed by atoms with van der Waals surface area (Å²) in [5.74, 6) is -0.401. The van der Waals surface area contributed by atoms with Crippen LogP contribution in [0.15, 0.2) is 18.2 Å². The van der Waals surface area contributed by atoms with E-state index in [1.54, 1.807) is 17.0 Å². The Bertz CT molecular complexity index is 543. The zero-order valence-corrected chi connectivity index (χ0v) is 13.1. The van der Waals surface area contributed by atoms with Gasteiger partial charge in [0.1, 0.15) is 5.82 Å². The van der Waals surface area contributed by atoms with Crippen molar-refractivity contribution in [2.24, 2.45) is 0 Å². The molecule has 0 bridgehead atoms. The van der Waals surface area contributed by atoms with Gasteiger partial charge in [-0.1, -0.05) is 6.92 Å². The maximum atomic E-state index is 14.3. The first-order chi connectivity index (χ1) is 10.7. The highest BCUT2D eigenvalue weighted by Crippen LogP contribution is 2.25. The standard InChI is InChI=1S/C17H23FN2O2/c1-2-14-12-20(9-10-22-14)17(21)13-5-6-16(15(18)11-13)19-7-3-4-8-19/h5-6,11,14H,2-4,7-10,12H2,1H3/t14-/m0/s1. The molecule has 0 N–H and O–H groups in total. The lowest BCUT2D eigenvalue weighted by Crippen LogP contribution is -2.45. The van der Waals surface area contributed by atoms with Gasteiger partial charge in [-0.15, -0.1) is 0 Å². The second-order valence-electron chi connectivity index (χ2n) is 6.01. The Morgan fingerprint density at radius 1 is 1.32 bits per heavy atom. The summed E-state index contributed by atoms with van der Waals surface area (Å²) >= 11 is 0. The molecule has 1 atom stereocenters. The molecule has 0 aromatic heterocycles. The van der Waals surface area contributed by atoms with Crippen LogP contribution in [0.4, 0.5) is 10.1 Å². The number of amides is 1. The molecule has 0 saturated carbocycles. The predicted molar refractivity (Wildman–Crippen MR) is 83.8 cm³/mol. The topological polar surface area (TPSA) is 32.8 Å². The SMILES string of the molecule is CC[C@H]1CN(C(=O)c2ccc(N3CCCC3)c(F)c2)CCO1. The minimum absolute atomic E-state index is 0.0893. The van der Waals surface area contributed by atoms with Crippen molar-refractivity contribution in [3.8, 4) is 0 Å². The molecule has 120 valence electrons. The first kappa shape index (κ1) is 15.3. The van der Waals surface area contributed by atoms with Crippen molar-refractivity contribution in [1.82, 2.24) is 4.90 Å². The molecule has 2 heterocycles. The van der Waals surface area contributed by atoms with E-state index in [0.717, 1.165) is 32.4 Å². The Morgan fingerprint density at radius 3 is 2.77 bits per heavy atom. The summed E-state index contributed by atoms with van der Waals surface area (Å²) in [4.78, 5) is 16.3. The fraction of sp³-hybridized carbons (Fsp3) is 0.588. The van der Waals surface area contributed by atoms with Gasteiger partial charge in [0.15, 0.2) is 0 Å². The Morgan fingerprint density at radius 2 is 2.09 bits per heavy atom. The van der Waals surface area contributed by atoms with Crippen molar-refractivity contribution >= 4 is 11.6 Å². The van der Waals surface area contributed by atoms with Crippen LogP contribution in [-0.2, 0) is 4.74 Å². The minimum atomic E-state index is -0.298. The number of ether oxygens (including phenoxy) is 1. The molecular weight excluding hydrogens is 283 g/mol. The highest BCUT2D eigenvalue weighted by Gasteiger charge is 2.25. The molecule has 0 radical (unpaired) electrons. The number of hydrogen-bond donors (Lipinski definition) is 0. The molecule has 1 aromatic carbocycles. The maximum Gasteiger partial charge on any atom is 0.254 e. The van der Waals surface area contributed by atoms with Gasteiger partial charge in [-0.25, -0.2) is 4.39 Å². The van der Waals surface area contributed by atoms with E-state index < -0.39 is 0 Å². The summed E-state index contributed by atoms with van der Waals surface area (Å²) in [7, 11) is 0. The van der Waals surface area contributed by atoms with E-state index in [4.69, 9.17) is 4.74 Å². The molecule has 0 unspecified atom stereocenters. The van der Waals surface area contributed by atoms with Crippen LogP contribution in [0.3, 0.4) is 0 Å². The average molecular weight is 306 g/mol. The van der Waals surface area contributed by atoms with Crippen LogP contribution < -0.4 is 4.90 Å². The number of halogens is 1. The van der Waals surface area contributed by atoms with Gasteiger partial charge in [-0.2, -0.15) is 0 Å². The second kappa shape index (κ2) is 6.65. The van der Waals surface area contributed by atoms with Crippen LogP contribution in [0.25, 0.3) is 0 Å². The molecule has 2 aliphatic heterocycles. The average Bonchev–Trinajstić information content (AvgIpc) is 3.08. The molecular formula is C17H23FN2O2. The molecule has 4 nitrogen and oxygen atoms in total. The lowest BCUT2D eigenvalue weighted by atomic mass is 10.1. The summed E-state index contributed by atoms with van der Waals surface area (Å²) < 4.78 is 19.9. The lowest BCUT2D eigenvalue weighted by Gasteiger charge is -2.32. The fourth-order valence-electron chi connectivity index (χ4n) is 3.19. The Hall–Kier alpha value is -1.62. The van der Waals surface area contributed by atoms with Crippen LogP contribution in [-0.4, -0.2) is 49.7 Å². The van der Waals surface area contributed by atoms with Crippen molar-refractivity contribution < 1.29 is 13.9 Å². The zero-order valence-electron chi connectivity index (χ0n) is 13.1. The van der Waals surface area contributed by atoms with Gasteiger partial charge < -0.3 is 14.5 Å². The van der Waals surface area contributed by atoms with Crippen molar-refractivity contribution in [3.63, 3.8) is 0 Å². The first-order valence-electron chi connectivity index (χ1n) is 8.14. The van der Waals surface area contributed by atoms with Crippen molar-refractivity contribution in [1.29, 1.82) is 0 Å². The molecule has 22 heavy (non-hydrogen) atoms. The molecule has 5 heteroatoms. The summed E-state index contributed by atoms with van der Waals surface area (Å²) in [5, 5.41) is 0. The van der Waals surface area contributed by atoms with Crippen LogP contribution in [0.5, 0.6) is 0 Å². The van der Waals surface area contributed by atoms with Gasteiger partial charge >= 0.3 is 0 Å². The van der Waals surface area contributed by atoms with E-state index in [1.165, 1.54) is 6.07 Å². The highest BCUT2D eigenvalue weighted by molar-refractivity contribution is 5.94. The van der Waals surface area contributed by atoms with Crippen LogP contribution in [0, 0.1) is 5.82 Å². The number of anilines is 1. The third-order valence-electron chi connectivity index (χ3n) is 4.52. The predicted octanol–water partition coefficient (Wildman–Crippen LogP) is 2.68. The highest BCUT2D eigenvalue weighted by atomic mass is 19.1. The van der Waals surface area contributed by atoms with Gasteiger partial charge in [0.2, 0.25) is 0 Å². The van der Waals surface area contributed by atoms with Crippen LogP contribution in [0.1, 0.15) is 36.5 Å². The smallest absolute Gasteiger partial charge is 0.254 e. The van der Waals surface area contributed by atoms with Gasteiger partial charge in [0.05, 0.1) is 18.4 Å². The minimum Gasteiger partial charge on any atom is -0.375 e. The molecule has 2 aliphatic rings. The van der Waals surface area contributed by atoms with E-state index in [0.29, 0.717) is 30.9 Å². The Balaban J connectivity index is 1.74. The van der Waals surface area contributed by atoms with E-state index in [-0.39, 0.29) is 17.8 Å². The largest absolute Gasteiger partial charge is 0.375 e. The van der Waals surface area contributed by atoms with Gasteiger partial charge in [0.25, 0.3) is 5.91 Å². The van der Waals surface area contributed by atoms with Crippen molar-refractivity contribution in [2.45, 2.75) is 32.3 Å². The number of nitrogens with zero attached hydrogens (tertiary/aromatic N) is 2. The second-order valence-corrected chi connectivity index (χ2v) is 6.01. The molecule has 2 fully saturated rings. The number of rotatable bonds is 3. The fourth-order valence-corrected chi connectivity index (χ4v) is 3.19. The number of morpholine rings is 1. The number of carbonyl (C=O) groups is 1. The third-order valence-corrected chi connectivity index (χ3v) is 4.52. The number of benzene rings is 1. The molecule has 2 saturated heterocycles. The lowest BCUT2D eigenvalue weighted by molar-refractivity contribution is -0.0226. The van der Waals surface area contributed by atoms with Crippen molar-refractivity contribution in [2.75, 3.05) is 37.7 Å². The summed E-state index contributed by atoms with van der Waals surface area (Å²) in [6.07, 6.45) is 3.18. The zero-order chi connectivity index (χ0) is 15.5. The summed E-state index contributed by atoms with van der Waals surface area (Å²) in [6, 6.07) is 4.87. The Kier molecular flexibility index (Phi) is 4.62. The van der Waals surface area contributed by atoms with E-state index in [1.807, 2.05) is 11.8 Å². The van der Waals surface area contributed by atoms with Crippen molar-refractivity contribution in [3.05, 3.63) is 29.6 Å². The van der Waals surface area contributed by atoms with Gasteiger partial charge in [-0.05, 0) is 37.5 Å². The van der Waals surface area contributed by atoms with E-state index in [9.17, 15) is 9.18 Å². The Labute approximate surface area is 130 Å². The van der Waals surface area contributed by atoms with E-state index in [2.05, 4.69) is 0 Å². The quantitative estimate of drug-likeness (QED) is 0.861. The van der Waals surface area contributed by atoms with Gasteiger partial charge in [0, 0.05) is 31.7 Å². The third kappa shape index (κ3) is 3.09. The molecule has 3 rings (SSSR count). The van der Waals surface area contributed by atoms with Crippen LogP contribution >= 0.6 is 0 Å². The maximum absolute atomic E-state index is 14.3. The first-order valence-corrected chi connectivity index (χ1v) is 8.14. The molecule has 1 aromatic rings. The van der Waals surface area contributed by atoms with Crippen LogP contribution in [0.2, 0.25) is 0 Å². The number of hydrogen-bond acceptors (Lipinski definition) is 3. The normalized spacial score (nSPS) is 22.2.